The van der Waals surface area contributed by atoms with Crippen LogP contribution in [-0.2, 0) is 39.9 Å². The maximum absolute atomic E-state index is 12.7. The Bertz CT molecular complexity index is 2540. The van der Waals surface area contributed by atoms with Crippen molar-refractivity contribution >= 4 is 79.1 Å². The van der Waals surface area contributed by atoms with Gasteiger partial charge in [0.2, 0.25) is 0 Å². The number of hydrogen-bond donors (Lipinski definition) is 5. The van der Waals surface area contributed by atoms with Crippen LogP contribution in [0.3, 0.4) is 0 Å². The van der Waals surface area contributed by atoms with Crippen molar-refractivity contribution in [3.8, 4) is 17.2 Å². The second-order valence-corrected chi connectivity index (χ2v) is 17.4. The summed E-state index contributed by atoms with van der Waals surface area (Å²) in [5.41, 5.74) is -0.883. The molecule has 0 aromatic heterocycles. The van der Waals surface area contributed by atoms with Crippen molar-refractivity contribution in [2.45, 2.75) is 33.4 Å². The second-order valence-electron chi connectivity index (χ2n) is 10.2. The molecule has 0 aliphatic rings. The number of rotatable bonds is 12. The molecule has 0 aliphatic carbocycles. The monoisotopic (exact) mass is 771 g/mol. The molecule has 0 bridgehead atoms. The SMILES string of the molecule is CCS(=O)(=O)c1cc(O)c(N=Nc2ccc3c(N=Nc4cc(S(=O)(=O)CC)c(S(=O)(=O)O)cc4S(=O)(=O)O)c(NC)ccc3c2O)cc1OC. The Labute approximate surface area is 286 Å². The van der Waals surface area contributed by atoms with Crippen molar-refractivity contribution < 1.29 is 57.7 Å². The Hall–Kier alpha value is -4.74. The third-order valence-electron chi connectivity index (χ3n) is 7.19. The minimum atomic E-state index is -5.31. The van der Waals surface area contributed by atoms with Gasteiger partial charge in [0.05, 0.1) is 29.2 Å². The van der Waals surface area contributed by atoms with E-state index in [4.69, 9.17) is 4.74 Å². The van der Waals surface area contributed by atoms with Gasteiger partial charge in [-0.05, 0) is 36.4 Å². The van der Waals surface area contributed by atoms with Crippen LogP contribution in [0.5, 0.6) is 17.2 Å². The number of nitrogens with one attached hydrogen (secondary N) is 1. The van der Waals surface area contributed by atoms with Crippen molar-refractivity contribution in [2.24, 2.45) is 20.5 Å². The average Bonchev–Trinajstić information content (AvgIpc) is 3.05. The molecule has 4 aromatic carbocycles. The Kier molecular flexibility index (Phi) is 10.6. The first kappa shape index (κ1) is 38.1. The number of phenolic OH excluding ortho intramolecular Hbond substituents is 2. The molecule has 5 N–H and O–H groups in total. The van der Waals surface area contributed by atoms with Gasteiger partial charge in [-0.15, -0.1) is 20.5 Å². The number of fused-ring (bicyclic) bond motifs is 1. The molecule has 0 amide bonds. The summed E-state index contributed by atoms with van der Waals surface area (Å²) in [4.78, 5) is -3.72. The molecule has 0 radical (unpaired) electrons. The van der Waals surface area contributed by atoms with Crippen LogP contribution in [0, 0.1) is 0 Å². The van der Waals surface area contributed by atoms with Crippen molar-refractivity contribution in [3.63, 3.8) is 0 Å². The van der Waals surface area contributed by atoms with Gasteiger partial charge >= 0.3 is 0 Å². The lowest BCUT2D eigenvalue weighted by Crippen LogP contribution is -2.13. The summed E-state index contributed by atoms with van der Waals surface area (Å²) < 4.78 is 123. The van der Waals surface area contributed by atoms with Crippen LogP contribution in [0.1, 0.15) is 13.8 Å². The van der Waals surface area contributed by atoms with Crippen LogP contribution in [0.25, 0.3) is 10.8 Å². The van der Waals surface area contributed by atoms with Gasteiger partial charge in [-0.3, -0.25) is 9.11 Å². The Morgan fingerprint density at radius 3 is 1.76 bits per heavy atom. The third-order valence-corrected chi connectivity index (χ3v) is 12.6. The number of benzene rings is 4. The first-order valence-electron chi connectivity index (χ1n) is 14.0. The quantitative estimate of drug-likeness (QED) is 0.0913. The Morgan fingerprint density at radius 2 is 1.20 bits per heavy atom. The molecular formula is C28H29N5O13S4. The second kappa shape index (κ2) is 13.9. The van der Waals surface area contributed by atoms with Gasteiger partial charge in [0.25, 0.3) is 20.2 Å². The zero-order valence-electron chi connectivity index (χ0n) is 26.4. The zero-order valence-corrected chi connectivity index (χ0v) is 29.7. The predicted molar refractivity (Wildman–Crippen MR) is 180 cm³/mol. The number of azo groups is 2. The van der Waals surface area contributed by atoms with E-state index in [-0.39, 0.29) is 56.0 Å². The molecule has 0 saturated heterocycles. The highest BCUT2D eigenvalue weighted by Crippen LogP contribution is 2.44. The van der Waals surface area contributed by atoms with E-state index in [0.717, 1.165) is 12.1 Å². The molecule has 0 fully saturated rings. The minimum absolute atomic E-state index is 0.0427. The summed E-state index contributed by atoms with van der Waals surface area (Å²) in [5, 5.41) is 40.4. The molecule has 0 aliphatic heterocycles. The molecule has 4 rings (SSSR count). The van der Waals surface area contributed by atoms with Crippen LogP contribution in [0.4, 0.5) is 28.4 Å². The van der Waals surface area contributed by atoms with E-state index in [0.29, 0.717) is 6.07 Å². The number of phenols is 2. The lowest BCUT2D eigenvalue weighted by Gasteiger charge is -2.12. The molecule has 22 heteroatoms. The third kappa shape index (κ3) is 7.53. The highest BCUT2D eigenvalue weighted by atomic mass is 32.2. The van der Waals surface area contributed by atoms with Crippen LogP contribution in [-0.4, -0.2) is 78.7 Å². The van der Waals surface area contributed by atoms with Crippen LogP contribution in [0.15, 0.2) is 88.6 Å². The number of nitrogens with zero attached hydrogens (tertiary/aromatic N) is 4. The van der Waals surface area contributed by atoms with Gasteiger partial charge in [-0.1, -0.05) is 13.8 Å². The van der Waals surface area contributed by atoms with Gasteiger partial charge < -0.3 is 20.3 Å². The number of sulfone groups is 2. The largest absolute Gasteiger partial charge is 0.506 e. The number of aromatic hydroxyl groups is 2. The van der Waals surface area contributed by atoms with E-state index >= 15 is 0 Å². The highest BCUT2D eigenvalue weighted by molar-refractivity contribution is 7.93. The van der Waals surface area contributed by atoms with E-state index in [2.05, 4.69) is 25.8 Å². The first-order valence-corrected chi connectivity index (χ1v) is 20.2. The summed E-state index contributed by atoms with van der Waals surface area (Å²) in [5.74, 6) is -1.99. The molecule has 50 heavy (non-hydrogen) atoms. The van der Waals surface area contributed by atoms with Crippen LogP contribution in [0.2, 0.25) is 0 Å². The molecule has 0 heterocycles. The molecule has 0 atom stereocenters. The van der Waals surface area contributed by atoms with Crippen molar-refractivity contribution in [1.29, 1.82) is 0 Å². The predicted octanol–water partition coefficient (Wildman–Crippen LogP) is 5.21. The van der Waals surface area contributed by atoms with Crippen molar-refractivity contribution in [1.82, 2.24) is 0 Å². The number of methoxy groups -OCH3 is 1. The summed E-state index contributed by atoms with van der Waals surface area (Å²) in [7, 11) is -16.0. The molecule has 0 unspecified atom stereocenters. The van der Waals surface area contributed by atoms with E-state index < -0.39 is 77.5 Å². The lowest BCUT2D eigenvalue weighted by molar-refractivity contribution is 0.399. The average molecular weight is 772 g/mol. The molecule has 268 valence electrons. The van der Waals surface area contributed by atoms with E-state index in [1.165, 1.54) is 52.3 Å². The molecular weight excluding hydrogens is 743 g/mol. The van der Waals surface area contributed by atoms with Gasteiger partial charge in [-0.25, -0.2) is 16.8 Å². The fourth-order valence-electron chi connectivity index (χ4n) is 4.56. The fraction of sp³-hybridized carbons (Fsp3) is 0.214. The standard InChI is InChI=1S/C28H29N5O13S4/c1-5-47(36,37)24-13-21(34)19(11-22(24)46-4)31-30-18-10-7-15-16(28(18)35)8-9-17(29-3)27(15)33-32-20-12-25(48(38,39)6-2)26(50(43,44)45)14-23(20)49(40,41)42/h7-14,29,34-35H,5-6H2,1-4H3,(H,40,41,42)(H,43,44,45). The van der Waals surface area contributed by atoms with Crippen molar-refractivity contribution in [2.75, 3.05) is 31.0 Å². The normalized spacial score (nSPS) is 13.0. The van der Waals surface area contributed by atoms with E-state index in [1.807, 2.05) is 0 Å². The van der Waals surface area contributed by atoms with Crippen LogP contribution < -0.4 is 10.1 Å². The van der Waals surface area contributed by atoms with E-state index in [1.54, 1.807) is 0 Å². The van der Waals surface area contributed by atoms with Gasteiger partial charge in [0, 0.05) is 30.0 Å². The maximum Gasteiger partial charge on any atom is 0.296 e. The fourth-order valence-corrected chi connectivity index (χ4v) is 8.56. The lowest BCUT2D eigenvalue weighted by atomic mass is 10.1. The number of anilines is 1. The zero-order chi connectivity index (χ0) is 37.4. The summed E-state index contributed by atoms with van der Waals surface area (Å²) in [6.45, 7) is 2.59. The number of hydrogen-bond acceptors (Lipinski definition) is 16. The van der Waals surface area contributed by atoms with E-state index in [9.17, 15) is 53.0 Å². The smallest absolute Gasteiger partial charge is 0.296 e. The van der Waals surface area contributed by atoms with Gasteiger partial charge in [0.1, 0.15) is 48.9 Å². The summed E-state index contributed by atoms with van der Waals surface area (Å²) in [6.07, 6.45) is 0. The van der Waals surface area contributed by atoms with Crippen LogP contribution >= 0.6 is 0 Å². The first-order chi connectivity index (χ1) is 23.2. The highest BCUT2D eigenvalue weighted by Gasteiger charge is 2.30. The Morgan fingerprint density at radius 1 is 0.640 bits per heavy atom. The minimum Gasteiger partial charge on any atom is -0.506 e. The topological polar surface area (TPSA) is 288 Å². The van der Waals surface area contributed by atoms with Gasteiger partial charge in [0.15, 0.2) is 25.4 Å². The molecule has 18 nitrogen and oxygen atoms in total. The summed E-state index contributed by atoms with van der Waals surface area (Å²) in [6, 6.07) is 8.49. The number of ether oxygens (including phenoxy) is 1. The maximum atomic E-state index is 12.7. The Balaban J connectivity index is 1.89. The van der Waals surface area contributed by atoms with Gasteiger partial charge in [-0.2, -0.15) is 16.8 Å². The summed E-state index contributed by atoms with van der Waals surface area (Å²) >= 11 is 0. The molecule has 0 saturated carbocycles. The molecule has 0 spiro atoms. The van der Waals surface area contributed by atoms with Crippen molar-refractivity contribution in [3.05, 3.63) is 48.5 Å². The molecule has 4 aromatic rings.